The van der Waals surface area contributed by atoms with Gasteiger partial charge in [-0.2, -0.15) is 0 Å². The molecule has 3 fully saturated rings. The molecule has 0 radical (unpaired) electrons. The van der Waals surface area contributed by atoms with Gasteiger partial charge in [-0.05, 0) is 102 Å². The zero-order valence-corrected chi connectivity index (χ0v) is 40.0. The molecule has 1 saturated carbocycles. The molecule has 1 aliphatic carbocycles. The van der Waals surface area contributed by atoms with Crippen molar-refractivity contribution in [1.82, 2.24) is 20.9 Å². The molecular weight excluding hydrogens is 907 g/mol. The minimum Gasteiger partial charge on any atom is -0.495 e. The molecule has 1 spiro atoms. The van der Waals surface area contributed by atoms with E-state index in [9.17, 15) is 24.0 Å². The maximum absolute atomic E-state index is 16.3. The van der Waals surface area contributed by atoms with Gasteiger partial charge in [-0.1, -0.05) is 92.9 Å². The number of ether oxygens (including phenoxy) is 1. The molecule has 68 heavy (non-hydrogen) atoms. The molecule has 4 aromatic carbocycles. The van der Waals surface area contributed by atoms with E-state index in [1.807, 2.05) is 24.3 Å². The van der Waals surface area contributed by atoms with Crippen LogP contribution in [0.25, 0.3) is 0 Å². The average molecular weight is 962 g/mol. The first-order chi connectivity index (χ1) is 32.6. The zero-order valence-electron chi connectivity index (χ0n) is 38.5. The predicted octanol–water partition coefficient (Wildman–Crippen LogP) is 8.49. The Kier molecular flexibility index (Phi) is 13.1. The second-order valence-electron chi connectivity index (χ2n) is 19.9. The van der Waals surface area contributed by atoms with Gasteiger partial charge in [0, 0.05) is 76.7 Å². The molecule has 2 saturated heterocycles. The van der Waals surface area contributed by atoms with Crippen molar-refractivity contribution in [3.05, 3.63) is 122 Å². The number of nitrogens with zero attached hydrogens (tertiary/aromatic N) is 1. The highest BCUT2D eigenvalue weighted by atomic mass is 35.5. The Morgan fingerprint density at radius 2 is 1.78 bits per heavy atom. The summed E-state index contributed by atoms with van der Waals surface area (Å²) in [6.07, 6.45) is 5.28. The molecule has 354 valence electrons. The summed E-state index contributed by atoms with van der Waals surface area (Å²) in [5, 5.41) is 16.4. The zero-order chi connectivity index (χ0) is 48.1. The largest absolute Gasteiger partial charge is 0.495 e. The normalized spacial score (nSPS) is 25.2. The maximum Gasteiger partial charge on any atom is 0.255 e. The van der Waals surface area contributed by atoms with Gasteiger partial charge in [-0.25, -0.2) is 4.39 Å². The van der Waals surface area contributed by atoms with Crippen LogP contribution in [0.1, 0.15) is 121 Å². The van der Waals surface area contributed by atoms with E-state index in [2.05, 4.69) is 59.2 Å². The fraction of sp³-hybridized carbons (Fsp3) is 0.415. The van der Waals surface area contributed by atoms with Crippen LogP contribution in [0.15, 0.2) is 72.8 Å². The number of nitrogens with one attached hydrogen (secondary N) is 5. The lowest BCUT2D eigenvalue weighted by atomic mass is 9.63. The number of hydrogen-bond donors (Lipinski definition) is 5. The summed E-state index contributed by atoms with van der Waals surface area (Å²) in [7, 11) is 1.48. The second-order valence-corrected chi connectivity index (χ2v) is 20.8. The summed E-state index contributed by atoms with van der Waals surface area (Å²) < 4.78 is 22.1. The van der Waals surface area contributed by atoms with Crippen LogP contribution in [0.5, 0.6) is 5.75 Å². The molecule has 1 unspecified atom stereocenters. The van der Waals surface area contributed by atoms with E-state index in [4.69, 9.17) is 27.9 Å². The number of imide groups is 1. The fourth-order valence-corrected chi connectivity index (χ4v) is 11.6. The first-order valence-electron chi connectivity index (χ1n) is 23.4. The van der Waals surface area contributed by atoms with Gasteiger partial charge in [-0.3, -0.25) is 29.3 Å². The number of halogens is 3. The molecule has 0 bridgehead atoms. The van der Waals surface area contributed by atoms with E-state index in [-0.39, 0.29) is 71.3 Å². The van der Waals surface area contributed by atoms with E-state index < -0.39 is 41.0 Å². The predicted molar refractivity (Wildman–Crippen MR) is 259 cm³/mol. The summed E-state index contributed by atoms with van der Waals surface area (Å²) in [5.41, 5.74) is 3.88. The number of fused-ring (bicyclic) bond motifs is 3. The van der Waals surface area contributed by atoms with Crippen molar-refractivity contribution in [3.8, 4) is 17.6 Å². The van der Waals surface area contributed by atoms with Crippen molar-refractivity contribution < 1.29 is 33.1 Å². The standard InChI is InChI=1S/C53H55Cl2FN6O6/c1-52(2,3)26-43-53(28-57-40-25-32(54)19-20-36(40)53)45(34-15-9-16-37(55)46(34)56)47(60-43)50(66)59-39-21-18-31(24-42(39)68-4)48(64)58-38-17-6-5-10-30(38)13-7-11-29-12-8-14-33-35(29)27-62(51(33)67)41-22-23-44(63)61-49(41)65/h8-9,12,14-16,18-21,24-25,30,38,41,43,45,47,57,60H,5-6,10,13,17,22-23,26-28H2,1-4H3,(H,58,64)(H,59,66)(H,61,63,65)/t30-,38-,41?,43-,45-,47+,53-/m0/s1. The molecule has 4 aliphatic heterocycles. The SMILES string of the molecule is COc1cc(C(=O)N[C@H]2CCCC[C@H]2CC#Cc2cccc3c2CN(C2CCC(=O)NC2=O)C3=O)ccc1NC(=O)[C@@H]1N[C@@H](CC(C)(C)C)[C@@]2(CNc3cc(Cl)ccc32)[C@H]1c1cccc(Cl)c1F. The molecule has 4 heterocycles. The van der Waals surface area contributed by atoms with Crippen LogP contribution >= 0.6 is 23.2 Å². The average Bonchev–Trinajstić information content (AvgIpc) is 3.95. The number of benzene rings is 4. The second kappa shape index (κ2) is 18.9. The van der Waals surface area contributed by atoms with E-state index in [1.165, 1.54) is 18.1 Å². The quantitative estimate of drug-likeness (QED) is 0.0826. The summed E-state index contributed by atoms with van der Waals surface area (Å²) in [6, 6.07) is 18.9. The fourth-order valence-electron chi connectivity index (χ4n) is 11.3. The van der Waals surface area contributed by atoms with Crippen LogP contribution in [-0.2, 0) is 26.3 Å². The Bertz CT molecular complexity index is 2780. The molecule has 5 aliphatic rings. The number of piperidine rings is 1. The molecule has 9 rings (SSSR count). The van der Waals surface area contributed by atoms with Crippen molar-refractivity contribution >= 4 is 64.1 Å². The van der Waals surface area contributed by atoms with Crippen molar-refractivity contribution in [2.24, 2.45) is 11.3 Å². The van der Waals surface area contributed by atoms with Gasteiger partial charge >= 0.3 is 0 Å². The van der Waals surface area contributed by atoms with Crippen LogP contribution in [0.4, 0.5) is 15.8 Å². The molecule has 0 aromatic heterocycles. The van der Waals surface area contributed by atoms with Crippen LogP contribution in [0, 0.1) is 29.0 Å². The van der Waals surface area contributed by atoms with Gasteiger partial charge in [0.1, 0.15) is 17.6 Å². The number of rotatable bonds is 9. The van der Waals surface area contributed by atoms with E-state index in [1.54, 1.807) is 42.5 Å². The highest BCUT2D eigenvalue weighted by Crippen LogP contribution is 2.57. The van der Waals surface area contributed by atoms with Crippen LogP contribution in [-0.4, -0.2) is 72.3 Å². The number of carbonyl (C=O) groups is 5. The molecular formula is C53H55Cl2FN6O6. The third-order valence-electron chi connectivity index (χ3n) is 14.5. The molecule has 5 amide bonds. The van der Waals surface area contributed by atoms with Crippen LogP contribution < -0.4 is 31.3 Å². The Morgan fingerprint density at radius 3 is 2.56 bits per heavy atom. The highest BCUT2D eigenvalue weighted by Gasteiger charge is 2.61. The Hall–Kier alpha value is -5.94. The molecule has 5 N–H and O–H groups in total. The lowest BCUT2D eigenvalue weighted by Crippen LogP contribution is -2.52. The van der Waals surface area contributed by atoms with Crippen LogP contribution in [0.3, 0.4) is 0 Å². The van der Waals surface area contributed by atoms with Crippen molar-refractivity contribution in [2.45, 2.75) is 114 Å². The van der Waals surface area contributed by atoms with Gasteiger partial charge in [0.15, 0.2) is 0 Å². The lowest BCUT2D eigenvalue weighted by Gasteiger charge is -2.39. The summed E-state index contributed by atoms with van der Waals surface area (Å²) in [5.74, 6) is 4.00. The van der Waals surface area contributed by atoms with Gasteiger partial charge in [0.25, 0.3) is 11.8 Å². The van der Waals surface area contributed by atoms with Gasteiger partial charge in [-0.15, -0.1) is 0 Å². The molecule has 7 atom stereocenters. The summed E-state index contributed by atoms with van der Waals surface area (Å²) in [4.78, 5) is 68.0. The third-order valence-corrected chi connectivity index (χ3v) is 15.0. The smallest absolute Gasteiger partial charge is 0.255 e. The lowest BCUT2D eigenvalue weighted by molar-refractivity contribution is -0.137. The molecule has 15 heteroatoms. The number of carbonyl (C=O) groups excluding carboxylic acids is 5. The van der Waals surface area contributed by atoms with Gasteiger partial charge in [0.2, 0.25) is 17.7 Å². The van der Waals surface area contributed by atoms with Crippen molar-refractivity contribution in [3.63, 3.8) is 0 Å². The summed E-state index contributed by atoms with van der Waals surface area (Å²) in [6.45, 7) is 7.10. The monoisotopic (exact) mass is 960 g/mol. The van der Waals surface area contributed by atoms with Gasteiger partial charge in [0.05, 0.1) is 23.9 Å². The van der Waals surface area contributed by atoms with Crippen molar-refractivity contribution in [2.75, 3.05) is 24.3 Å². The number of amides is 5. The number of methoxy groups -OCH3 is 1. The maximum atomic E-state index is 16.3. The van der Waals surface area contributed by atoms with E-state index >= 15 is 4.39 Å². The first-order valence-corrected chi connectivity index (χ1v) is 24.1. The molecule has 4 aromatic rings. The third kappa shape index (κ3) is 8.94. The van der Waals surface area contributed by atoms with E-state index in [0.29, 0.717) is 52.4 Å². The molecule has 12 nitrogen and oxygen atoms in total. The van der Waals surface area contributed by atoms with Crippen LogP contribution in [0.2, 0.25) is 10.0 Å². The highest BCUT2D eigenvalue weighted by molar-refractivity contribution is 6.31. The Morgan fingerprint density at radius 1 is 0.985 bits per heavy atom. The minimum absolute atomic E-state index is 0.0308. The van der Waals surface area contributed by atoms with Gasteiger partial charge < -0.3 is 30.9 Å². The van der Waals surface area contributed by atoms with Crippen molar-refractivity contribution in [1.29, 1.82) is 0 Å². The Labute approximate surface area is 405 Å². The number of anilines is 2. The topological polar surface area (TPSA) is 158 Å². The van der Waals surface area contributed by atoms with E-state index in [0.717, 1.165) is 42.5 Å². The Balaban J connectivity index is 0.917. The minimum atomic E-state index is -0.907. The summed E-state index contributed by atoms with van der Waals surface area (Å²) >= 11 is 12.9. The number of hydrogen-bond acceptors (Lipinski definition) is 8. The first kappa shape index (κ1) is 47.1.